The monoisotopic (exact) mass is 274 g/mol. The number of carbonyl (C=O) groups excluding carboxylic acids is 1. The lowest BCUT2D eigenvalue weighted by atomic mass is 9.98. The molecule has 1 unspecified atom stereocenters. The van der Waals surface area contributed by atoms with Gasteiger partial charge >= 0.3 is 5.97 Å². The molecule has 0 aliphatic heterocycles. The van der Waals surface area contributed by atoms with Crippen LogP contribution < -0.4 is 0 Å². The summed E-state index contributed by atoms with van der Waals surface area (Å²) in [5, 5.41) is 0. The molecule has 2 rings (SSSR count). The first-order valence-corrected chi connectivity index (χ1v) is 7.34. The van der Waals surface area contributed by atoms with Crippen LogP contribution in [0.2, 0.25) is 0 Å². The van der Waals surface area contributed by atoms with Crippen LogP contribution in [0.15, 0.2) is 24.3 Å². The minimum atomic E-state index is -0.105. The number of esters is 1. The number of aromatic nitrogens is 2. The van der Waals surface area contributed by atoms with Crippen LogP contribution in [0.25, 0.3) is 11.0 Å². The Morgan fingerprint density at radius 1 is 1.35 bits per heavy atom. The van der Waals surface area contributed by atoms with Gasteiger partial charge in [-0.1, -0.05) is 19.1 Å². The second-order valence-electron chi connectivity index (χ2n) is 4.94. The standard InChI is InChI=1S/C16H22N2O2/c1-3-12(8-7-11-15(19)20-4-2)16-17-13-9-5-6-10-14(13)18-16/h5-6,9-10,12H,3-4,7-8,11H2,1-2H3,(H,17,18). The first-order valence-electron chi connectivity index (χ1n) is 7.34. The fraction of sp³-hybridized carbons (Fsp3) is 0.500. The van der Waals surface area contributed by atoms with Crippen molar-refractivity contribution in [3.05, 3.63) is 30.1 Å². The van der Waals surface area contributed by atoms with Crippen molar-refractivity contribution in [1.29, 1.82) is 0 Å². The average Bonchev–Trinajstić information content (AvgIpc) is 2.87. The zero-order valence-corrected chi connectivity index (χ0v) is 12.2. The zero-order valence-electron chi connectivity index (χ0n) is 12.2. The highest BCUT2D eigenvalue weighted by atomic mass is 16.5. The number of rotatable bonds is 7. The van der Waals surface area contributed by atoms with Gasteiger partial charge in [0.2, 0.25) is 0 Å². The molecule has 1 heterocycles. The minimum absolute atomic E-state index is 0.105. The zero-order chi connectivity index (χ0) is 14.4. The van der Waals surface area contributed by atoms with E-state index in [-0.39, 0.29) is 5.97 Å². The van der Waals surface area contributed by atoms with E-state index in [2.05, 4.69) is 16.9 Å². The van der Waals surface area contributed by atoms with E-state index < -0.39 is 0 Å². The third-order valence-electron chi connectivity index (χ3n) is 3.53. The second kappa shape index (κ2) is 7.08. The van der Waals surface area contributed by atoms with Gasteiger partial charge in [-0.3, -0.25) is 4.79 Å². The summed E-state index contributed by atoms with van der Waals surface area (Å²) in [5.41, 5.74) is 2.08. The summed E-state index contributed by atoms with van der Waals surface area (Å²) in [6.07, 6.45) is 3.30. The highest BCUT2D eigenvalue weighted by Crippen LogP contribution is 2.25. The molecule has 20 heavy (non-hydrogen) atoms. The van der Waals surface area contributed by atoms with Gasteiger partial charge in [0.25, 0.3) is 0 Å². The molecule has 1 aromatic heterocycles. The molecule has 108 valence electrons. The van der Waals surface area contributed by atoms with Crippen LogP contribution in [0.5, 0.6) is 0 Å². The van der Waals surface area contributed by atoms with Crippen LogP contribution in [0, 0.1) is 0 Å². The number of ether oxygens (including phenoxy) is 1. The van der Waals surface area contributed by atoms with Crippen molar-refractivity contribution in [2.45, 2.75) is 45.4 Å². The fourth-order valence-electron chi connectivity index (χ4n) is 2.43. The Morgan fingerprint density at radius 3 is 2.85 bits per heavy atom. The molecular weight excluding hydrogens is 252 g/mol. The Labute approximate surface area is 119 Å². The molecule has 0 bridgehead atoms. The number of fused-ring (bicyclic) bond motifs is 1. The van der Waals surface area contributed by atoms with Crippen molar-refractivity contribution in [1.82, 2.24) is 9.97 Å². The highest BCUT2D eigenvalue weighted by Gasteiger charge is 2.14. The van der Waals surface area contributed by atoms with Gasteiger partial charge in [-0.2, -0.15) is 0 Å². The number of nitrogens with zero attached hydrogens (tertiary/aromatic N) is 1. The van der Waals surface area contributed by atoms with E-state index >= 15 is 0 Å². The van der Waals surface area contributed by atoms with Gasteiger partial charge in [-0.05, 0) is 38.3 Å². The van der Waals surface area contributed by atoms with Crippen molar-refractivity contribution >= 4 is 17.0 Å². The Hall–Kier alpha value is -1.84. The number of benzene rings is 1. The number of aromatic amines is 1. The number of H-pyrrole nitrogens is 1. The summed E-state index contributed by atoms with van der Waals surface area (Å²) in [6.45, 7) is 4.45. The van der Waals surface area contributed by atoms with Crippen molar-refractivity contribution in [3.63, 3.8) is 0 Å². The van der Waals surface area contributed by atoms with Crippen molar-refractivity contribution < 1.29 is 9.53 Å². The molecule has 0 radical (unpaired) electrons. The Bertz CT molecular complexity index is 529. The van der Waals surface area contributed by atoms with Crippen LogP contribution >= 0.6 is 0 Å². The van der Waals surface area contributed by atoms with Crippen molar-refractivity contribution in [2.75, 3.05) is 6.61 Å². The van der Waals surface area contributed by atoms with E-state index in [0.717, 1.165) is 36.1 Å². The molecule has 1 atom stereocenters. The molecule has 0 saturated carbocycles. The molecule has 1 N–H and O–H groups in total. The van der Waals surface area contributed by atoms with Crippen LogP contribution in [-0.4, -0.2) is 22.5 Å². The largest absolute Gasteiger partial charge is 0.466 e. The van der Waals surface area contributed by atoms with Crippen LogP contribution in [0.4, 0.5) is 0 Å². The van der Waals surface area contributed by atoms with E-state index in [4.69, 9.17) is 4.74 Å². The number of para-hydroxylation sites is 2. The molecule has 0 saturated heterocycles. The number of hydrogen-bond acceptors (Lipinski definition) is 3. The molecule has 0 fully saturated rings. The van der Waals surface area contributed by atoms with Gasteiger partial charge in [0, 0.05) is 12.3 Å². The van der Waals surface area contributed by atoms with Gasteiger partial charge in [-0.15, -0.1) is 0 Å². The van der Waals surface area contributed by atoms with Gasteiger partial charge in [0.05, 0.1) is 17.6 Å². The Balaban J connectivity index is 1.95. The molecule has 2 aromatic rings. The topological polar surface area (TPSA) is 55.0 Å². The number of carbonyl (C=O) groups is 1. The highest BCUT2D eigenvalue weighted by molar-refractivity contribution is 5.74. The van der Waals surface area contributed by atoms with Crippen LogP contribution in [-0.2, 0) is 9.53 Å². The summed E-state index contributed by atoms with van der Waals surface area (Å²) in [4.78, 5) is 19.4. The lowest BCUT2D eigenvalue weighted by Crippen LogP contribution is -2.06. The SMILES string of the molecule is CCOC(=O)CCCC(CC)c1nc2ccccc2[nH]1. The number of hydrogen-bond donors (Lipinski definition) is 1. The third kappa shape index (κ3) is 3.59. The van der Waals surface area contributed by atoms with Gasteiger partial charge in [0.15, 0.2) is 0 Å². The smallest absolute Gasteiger partial charge is 0.305 e. The maximum atomic E-state index is 11.3. The van der Waals surface area contributed by atoms with E-state index in [1.165, 1.54) is 0 Å². The van der Waals surface area contributed by atoms with Crippen molar-refractivity contribution in [2.24, 2.45) is 0 Å². The maximum Gasteiger partial charge on any atom is 0.305 e. The molecule has 4 heteroatoms. The predicted octanol–water partition coefficient (Wildman–Crippen LogP) is 3.79. The summed E-state index contributed by atoms with van der Waals surface area (Å²) >= 11 is 0. The van der Waals surface area contributed by atoms with E-state index in [1.54, 1.807) is 0 Å². The second-order valence-corrected chi connectivity index (χ2v) is 4.94. The quantitative estimate of drug-likeness (QED) is 0.781. The van der Waals surface area contributed by atoms with Gasteiger partial charge in [0.1, 0.15) is 5.82 Å². The number of imidazole rings is 1. The molecular formula is C16H22N2O2. The normalized spacial score (nSPS) is 12.5. The van der Waals surface area contributed by atoms with Gasteiger partial charge < -0.3 is 9.72 Å². The fourth-order valence-corrected chi connectivity index (χ4v) is 2.43. The molecule has 0 amide bonds. The van der Waals surface area contributed by atoms with Gasteiger partial charge in [-0.25, -0.2) is 4.98 Å². The predicted molar refractivity (Wildman–Crippen MR) is 79.6 cm³/mol. The molecule has 1 aromatic carbocycles. The maximum absolute atomic E-state index is 11.3. The summed E-state index contributed by atoms with van der Waals surface area (Å²) < 4.78 is 4.95. The van der Waals surface area contributed by atoms with E-state index in [0.29, 0.717) is 18.9 Å². The first-order chi connectivity index (χ1) is 9.74. The first kappa shape index (κ1) is 14.6. The molecule has 0 aliphatic rings. The van der Waals surface area contributed by atoms with E-state index in [9.17, 15) is 4.79 Å². The summed E-state index contributed by atoms with van der Waals surface area (Å²) in [6, 6.07) is 8.05. The molecule has 4 nitrogen and oxygen atoms in total. The lowest BCUT2D eigenvalue weighted by Gasteiger charge is -2.11. The average molecular weight is 274 g/mol. The summed E-state index contributed by atoms with van der Waals surface area (Å²) in [7, 11) is 0. The number of nitrogens with one attached hydrogen (secondary N) is 1. The minimum Gasteiger partial charge on any atom is -0.466 e. The van der Waals surface area contributed by atoms with Crippen molar-refractivity contribution in [3.8, 4) is 0 Å². The molecule has 0 spiro atoms. The lowest BCUT2D eigenvalue weighted by molar-refractivity contribution is -0.143. The Kier molecular flexibility index (Phi) is 5.16. The van der Waals surface area contributed by atoms with Crippen LogP contribution in [0.3, 0.4) is 0 Å². The van der Waals surface area contributed by atoms with Crippen LogP contribution in [0.1, 0.15) is 51.3 Å². The van der Waals surface area contributed by atoms with E-state index in [1.807, 2.05) is 31.2 Å². The third-order valence-corrected chi connectivity index (χ3v) is 3.53. The summed E-state index contributed by atoms with van der Waals surface area (Å²) in [5.74, 6) is 1.29. The Morgan fingerprint density at radius 2 is 2.15 bits per heavy atom. The molecule has 0 aliphatic carbocycles.